The number of benzene rings is 1. The van der Waals surface area contributed by atoms with Gasteiger partial charge in [-0.05, 0) is 30.2 Å². The molecule has 0 radical (unpaired) electrons. The molecule has 0 bridgehead atoms. The first-order chi connectivity index (χ1) is 8.52. The van der Waals surface area contributed by atoms with E-state index < -0.39 is 6.09 Å². The smallest absolute Gasteiger partial charge is 0.405 e. The van der Waals surface area contributed by atoms with Gasteiger partial charge in [-0.1, -0.05) is 29.8 Å². The van der Waals surface area contributed by atoms with Gasteiger partial charge in [0, 0.05) is 22.1 Å². The lowest BCUT2D eigenvalue weighted by atomic mass is 9.83. The lowest BCUT2D eigenvalue weighted by molar-refractivity contribution is 0.182. The van der Waals surface area contributed by atoms with Crippen LogP contribution in [0.5, 0.6) is 0 Å². The average Bonchev–Trinajstić information content (AvgIpc) is 2.32. The topological polar surface area (TPSA) is 61.4 Å². The van der Waals surface area contributed by atoms with Crippen LogP contribution in [0, 0.1) is 5.92 Å². The molecule has 5 heteroatoms. The molecule has 4 nitrogen and oxygen atoms in total. The van der Waals surface area contributed by atoms with Crippen molar-refractivity contribution >= 4 is 27.7 Å². The van der Waals surface area contributed by atoms with Crippen LogP contribution in [0.3, 0.4) is 0 Å². The van der Waals surface area contributed by atoms with Crippen LogP contribution in [0.15, 0.2) is 22.7 Å². The Bertz CT molecular complexity index is 464. The third-order valence-electron chi connectivity index (χ3n) is 3.57. The Morgan fingerprint density at radius 2 is 2.28 bits per heavy atom. The first-order valence-corrected chi connectivity index (χ1v) is 6.87. The van der Waals surface area contributed by atoms with E-state index in [0.29, 0.717) is 0 Å². The molecule has 1 amide bonds. The van der Waals surface area contributed by atoms with Gasteiger partial charge in [-0.3, -0.25) is 0 Å². The van der Waals surface area contributed by atoms with E-state index in [1.54, 1.807) is 0 Å². The Kier molecular flexibility index (Phi) is 3.80. The van der Waals surface area contributed by atoms with Crippen LogP contribution < -0.4 is 10.6 Å². The fraction of sp³-hybridized carbons (Fsp3) is 0.462. The highest BCUT2D eigenvalue weighted by Crippen LogP contribution is 2.38. The second-order valence-corrected chi connectivity index (χ2v) is 5.59. The van der Waals surface area contributed by atoms with Crippen LogP contribution in [0.2, 0.25) is 0 Å². The summed E-state index contributed by atoms with van der Waals surface area (Å²) in [5.74, 6) is 0.216. The summed E-state index contributed by atoms with van der Waals surface area (Å²) in [4.78, 5) is 11.0. The second kappa shape index (κ2) is 5.18. The third-order valence-corrected chi connectivity index (χ3v) is 4.06. The molecular formula is C13H17BrN2O2. The summed E-state index contributed by atoms with van der Waals surface area (Å²) in [5, 5.41) is 15.1. The highest BCUT2D eigenvalue weighted by molar-refractivity contribution is 9.10. The zero-order valence-corrected chi connectivity index (χ0v) is 12.0. The number of halogens is 1. The molecule has 1 heterocycles. The summed E-state index contributed by atoms with van der Waals surface area (Å²) in [5.41, 5.74) is 2.02. The van der Waals surface area contributed by atoms with Crippen molar-refractivity contribution in [1.29, 1.82) is 0 Å². The maximum absolute atomic E-state index is 11.0. The lowest BCUT2D eigenvalue weighted by Crippen LogP contribution is -2.43. The van der Waals surface area contributed by atoms with Crippen molar-refractivity contribution in [1.82, 2.24) is 5.32 Å². The summed E-state index contributed by atoms with van der Waals surface area (Å²) >= 11 is 3.43. The predicted molar refractivity (Wildman–Crippen MR) is 74.9 cm³/mol. The minimum atomic E-state index is -0.977. The van der Waals surface area contributed by atoms with Crippen molar-refractivity contribution < 1.29 is 9.90 Å². The van der Waals surface area contributed by atoms with Crippen LogP contribution in [-0.4, -0.2) is 17.2 Å². The minimum absolute atomic E-state index is 0.166. The number of carboxylic acid groups (broad SMARTS) is 1. The van der Waals surface area contributed by atoms with Gasteiger partial charge >= 0.3 is 6.09 Å². The number of nitrogens with one attached hydrogen (secondary N) is 2. The standard InChI is InChI=1S/C13H17BrN2O2/c1-3-10-7(2)12(16-13(17)18)9-6-8(14)4-5-11(9)15-10/h4-7,10,12,15-16H,3H2,1-2H3,(H,17,18)/t7-,10-,12+/m0/s1. The molecule has 18 heavy (non-hydrogen) atoms. The van der Waals surface area contributed by atoms with E-state index in [1.165, 1.54) is 0 Å². The van der Waals surface area contributed by atoms with Crippen molar-refractivity contribution in [3.05, 3.63) is 28.2 Å². The molecule has 1 aliphatic rings. The molecule has 1 aromatic rings. The molecule has 3 atom stereocenters. The molecule has 0 fully saturated rings. The molecule has 0 spiro atoms. The normalized spacial score (nSPS) is 26.1. The zero-order valence-electron chi connectivity index (χ0n) is 10.4. The van der Waals surface area contributed by atoms with E-state index in [2.05, 4.69) is 40.4 Å². The third kappa shape index (κ3) is 2.46. The van der Waals surface area contributed by atoms with Crippen LogP contribution in [0.25, 0.3) is 0 Å². The van der Waals surface area contributed by atoms with E-state index >= 15 is 0 Å². The zero-order chi connectivity index (χ0) is 13.3. The Hall–Kier alpha value is -1.23. The predicted octanol–water partition coefficient (Wildman–Crippen LogP) is 3.60. The van der Waals surface area contributed by atoms with Gasteiger partial charge in [0.15, 0.2) is 0 Å². The van der Waals surface area contributed by atoms with Gasteiger partial charge in [0.05, 0.1) is 6.04 Å². The molecule has 0 aromatic heterocycles. The molecule has 0 aliphatic carbocycles. The molecule has 0 unspecified atom stereocenters. The summed E-state index contributed by atoms with van der Waals surface area (Å²) in [6, 6.07) is 6.05. The Labute approximate surface area is 115 Å². The van der Waals surface area contributed by atoms with E-state index in [1.807, 2.05) is 18.2 Å². The molecule has 2 rings (SSSR count). The summed E-state index contributed by atoms with van der Waals surface area (Å²) < 4.78 is 0.961. The van der Waals surface area contributed by atoms with E-state index in [4.69, 9.17) is 5.11 Å². The van der Waals surface area contributed by atoms with Gasteiger partial charge in [0.25, 0.3) is 0 Å². The number of rotatable bonds is 2. The van der Waals surface area contributed by atoms with Gasteiger partial charge < -0.3 is 15.7 Å². The number of amides is 1. The van der Waals surface area contributed by atoms with Gasteiger partial charge in [-0.2, -0.15) is 0 Å². The van der Waals surface area contributed by atoms with Crippen LogP contribution in [0.4, 0.5) is 10.5 Å². The molecule has 98 valence electrons. The van der Waals surface area contributed by atoms with E-state index in [0.717, 1.165) is 22.1 Å². The quantitative estimate of drug-likeness (QED) is 0.782. The van der Waals surface area contributed by atoms with Gasteiger partial charge in [0.2, 0.25) is 0 Å². The van der Waals surface area contributed by atoms with Crippen molar-refractivity contribution in [3.63, 3.8) is 0 Å². The molecule has 0 saturated heterocycles. The monoisotopic (exact) mass is 312 g/mol. The maximum Gasteiger partial charge on any atom is 0.405 e. The van der Waals surface area contributed by atoms with Crippen LogP contribution in [0.1, 0.15) is 31.9 Å². The largest absolute Gasteiger partial charge is 0.465 e. The second-order valence-electron chi connectivity index (χ2n) is 4.68. The highest BCUT2D eigenvalue weighted by atomic mass is 79.9. The Morgan fingerprint density at radius 3 is 2.89 bits per heavy atom. The Morgan fingerprint density at radius 1 is 1.56 bits per heavy atom. The van der Waals surface area contributed by atoms with Crippen LogP contribution in [-0.2, 0) is 0 Å². The van der Waals surface area contributed by atoms with Crippen molar-refractivity contribution in [3.8, 4) is 0 Å². The molecule has 1 aromatic carbocycles. The first-order valence-electron chi connectivity index (χ1n) is 6.08. The number of hydrogen-bond acceptors (Lipinski definition) is 2. The van der Waals surface area contributed by atoms with Crippen molar-refractivity contribution in [2.45, 2.75) is 32.4 Å². The molecule has 3 N–H and O–H groups in total. The SMILES string of the molecule is CC[C@@H]1Nc2ccc(Br)cc2[C@H](NC(=O)O)[C@H]1C. The number of anilines is 1. The number of fused-ring (bicyclic) bond motifs is 1. The Balaban J connectivity index is 2.42. The molecule has 1 aliphatic heterocycles. The van der Waals surface area contributed by atoms with Gasteiger partial charge in [-0.15, -0.1) is 0 Å². The number of hydrogen-bond donors (Lipinski definition) is 3. The minimum Gasteiger partial charge on any atom is -0.465 e. The highest BCUT2D eigenvalue weighted by Gasteiger charge is 2.33. The molecular weight excluding hydrogens is 296 g/mol. The van der Waals surface area contributed by atoms with Crippen molar-refractivity contribution in [2.24, 2.45) is 5.92 Å². The fourth-order valence-electron chi connectivity index (χ4n) is 2.59. The van der Waals surface area contributed by atoms with Gasteiger partial charge in [0.1, 0.15) is 0 Å². The first kappa shape index (κ1) is 13.2. The average molecular weight is 313 g/mol. The summed E-state index contributed by atoms with van der Waals surface area (Å²) in [6.07, 6.45) is -0.0106. The van der Waals surface area contributed by atoms with E-state index in [-0.39, 0.29) is 18.0 Å². The maximum atomic E-state index is 11.0. The van der Waals surface area contributed by atoms with Crippen LogP contribution >= 0.6 is 15.9 Å². The van der Waals surface area contributed by atoms with Gasteiger partial charge in [-0.25, -0.2) is 4.79 Å². The van der Waals surface area contributed by atoms with E-state index in [9.17, 15) is 4.79 Å². The lowest BCUT2D eigenvalue weighted by Gasteiger charge is -2.38. The summed E-state index contributed by atoms with van der Waals surface area (Å²) in [7, 11) is 0. The number of carbonyl (C=O) groups is 1. The van der Waals surface area contributed by atoms with Crippen molar-refractivity contribution in [2.75, 3.05) is 5.32 Å². The fourth-order valence-corrected chi connectivity index (χ4v) is 2.96. The summed E-state index contributed by atoms with van der Waals surface area (Å²) in [6.45, 7) is 4.18. The molecule has 0 saturated carbocycles.